The second-order valence-corrected chi connectivity index (χ2v) is 5.50. The minimum atomic E-state index is -1.03. The molecule has 1 atom stereocenters. The van der Waals surface area contributed by atoms with Crippen LogP contribution in [0, 0.1) is 0 Å². The molecule has 1 aromatic heterocycles. The van der Waals surface area contributed by atoms with Crippen LogP contribution in [0.1, 0.15) is 27.4 Å². The Kier molecular flexibility index (Phi) is 4.52. The summed E-state index contributed by atoms with van der Waals surface area (Å²) < 4.78 is 0. The lowest BCUT2D eigenvalue weighted by Crippen LogP contribution is -2.38. The lowest BCUT2D eigenvalue weighted by atomic mass is 10.2. The molecule has 2 heterocycles. The Morgan fingerprint density at radius 3 is 2.95 bits per heavy atom. The summed E-state index contributed by atoms with van der Waals surface area (Å²) in [6.07, 6.45) is 3.71. The zero-order valence-electron chi connectivity index (χ0n) is 10.6. The largest absolute Gasteiger partial charge is 0.478 e. The standard InChI is InChI=1S/C13H14N2O4S/c16-11-5-1-8(15-11)7-14-13(19)10-4-2-9(20-10)3-6-12(17)18/h2-4,6,8H,1,5,7H2,(H,14,19)(H,15,16)(H,17,18). The first-order chi connectivity index (χ1) is 9.54. The average Bonchev–Trinajstić information content (AvgIpc) is 3.02. The normalized spacial score (nSPS) is 18.2. The van der Waals surface area contributed by atoms with Crippen molar-refractivity contribution in [2.45, 2.75) is 18.9 Å². The van der Waals surface area contributed by atoms with Crippen LogP contribution in [0.15, 0.2) is 18.2 Å². The SMILES string of the molecule is O=C(O)C=Cc1ccc(C(=O)NCC2CCC(=O)N2)s1. The molecule has 106 valence electrons. The molecule has 1 saturated heterocycles. The Morgan fingerprint density at radius 2 is 2.30 bits per heavy atom. The van der Waals surface area contributed by atoms with Crippen LogP contribution in [-0.4, -0.2) is 35.5 Å². The maximum Gasteiger partial charge on any atom is 0.328 e. The zero-order chi connectivity index (χ0) is 14.5. The number of hydrogen-bond donors (Lipinski definition) is 3. The van der Waals surface area contributed by atoms with E-state index in [1.807, 2.05) is 0 Å². The molecule has 0 bridgehead atoms. The third kappa shape index (κ3) is 3.92. The molecule has 0 aliphatic carbocycles. The lowest BCUT2D eigenvalue weighted by Gasteiger charge is -2.10. The maximum atomic E-state index is 11.9. The number of hydrogen-bond acceptors (Lipinski definition) is 4. The van der Waals surface area contributed by atoms with Crippen molar-refractivity contribution in [3.8, 4) is 0 Å². The Labute approximate surface area is 119 Å². The third-order valence-corrected chi connectivity index (χ3v) is 3.88. The summed E-state index contributed by atoms with van der Waals surface area (Å²) in [5, 5.41) is 14.0. The van der Waals surface area contributed by atoms with Crippen molar-refractivity contribution in [2.24, 2.45) is 0 Å². The van der Waals surface area contributed by atoms with Crippen LogP contribution in [0.4, 0.5) is 0 Å². The Balaban J connectivity index is 1.86. The second-order valence-electron chi connectivity index (χ2n) is 4.39. The molecule has 1 aliphatic rings. The summed E-state index contributed by atoms with van der Waals surface area (Å²) in [5.74, 6) is -1.23. The Hall–Kier alpha value is -2.15. The van der Waals surface area contributed by atoms with E-state index in [0.717, 1.165) is 12.5 Å². The average molecular weight is 294 g/mol. The highest BCUT2D eigenvalue weighted by molar-refractivity contribution is 7.14. The van der Waals surface area contributed by atoms with Gasteiger partial charge in [0, 0.05) is 30.0 Å². The van der Waals surface area contributed by atoms with Gasteiger partial charge >= 0.3 is 5.97 Å². The summed E-state index contributed by atoms with van der Waals surface area (Å²) in [7, 11) is 0. The summed E-state index contributed by atoms with van der Waals surface area (Å²) in [6.45, 7) is 0.406. The molecule has 7 heteroatoms. The van der Waals surface area contributed by atoms with E-state index < -0.39 is 5.97 Å². The molecular formula is C13H14N2O4S. The highest BCUT2D eigenvalue weighted by Gasteiger charge is 2.21. The molecule has 0 spiro atoms. The van der Waals surface area contributed by atoms with Gasteiger partial charge in [-0.05, 0) is 24.6 Å². The van der Waals surface area contributed by atoms with Gasteiger partial charge in [-0.25, -0.2) is 4.79 Å². The number of carbonyl (C=O) groups excluding carboxylic acids is 2. The zero-order valence-corrected chi connectivity index (χ0v) is 11.4. The number of carboxylic acid groups (broad SMARTS) is 1. The monoisotopic (exact) mass is 294 g/mol. The molecule has 2 rings (SSSR count). The number of amides is 2. The maximum absolute atomic E-state index is 11.9. The summed E-state index contributed by atoms with van der Waals surface area (Å²) >= 11 is 1.22. The predicted octanol–water partition coefficient (Wildman–Crippen LogP) is 0.854. The van der Waals surface area contributed by atoms with Gasteiger partial charge in [0.2, 0.25) is 5.91 Å². The van der Waals surface area contributed by atoms with Gasteiger partial charge in [0.1, 0.15) is 0 Å². The molecule has 1 aromatic rings. The molecule has 1 unspecified atom stereocenters. The van der Waals surface area contributed by atoms with Gasteiger partial charge in [-0.1, -0.05) is 0 Å². The smallest absolute Gasteiger partial charge is 0.328 e. The fraction of sp³-hybridized carbons (Fsp3) is 0.308. The summed E-state index contributed by atoms with van der Waals surface area (Å²) in [6, 6.07) is 3.34. The van der Waals surface area contributed by atoms with Gasteiger partial charge in [-0.3, -0.25) is 9.59 Å². The van der Waals surface area contributed by atoms with Crippen molar-refractivity contribution in [3.63, 3.8) is 0 Å². The molecule has 0 saturated carbocycles. The number of aliphatic carboxylic acids is 1. The third-order valence-electron chi connectivity index (χ3n) is 2.83. The van der Waals surface area contributed by atoms with Gasteiger partial charge in [-0.15, -0.1) is 11.3 Å². The Bertz CT molecular complexity index is 564. The molecule has 1 aliphatic heterocycles. The molecule has 1 fully saturated rings. The molecule has 3 N–H and O–H groups in total. The van der Waals surface area contributed by atoms with Crippen molar-refractivity contribution in [3.05, 3.63) is 28.0 Å². The van der Waals surface area contributed by atoms with Crippen molar-refractivity contribution in [1.82, 2.24) is 10.6 Å². The van der Waals surface area contributed by atoms with E-state index in [9.17, 15) is 14.4 Å². The van der Waals surface area contributed by atoms with Gasteiger partial charge in [0.05, 0.1) is 4.88 Å². The van der Waals surface area contributed by atoms with E-state index in [1.54, 1.807) is 12.1 Å². The molecule has 0 aromatic carbocycles. The number of rotatable bonds is 5. The van der Waals surface area contributed by atoms with Crippen LogP contribution in [0.2, 0.25) is 0 Å². The van der Waals surface area contributed by atoms with E-state index >= 15 is 0 Å². The highest BCUT2D eigenvalue weighted by Crippen LogP contribution is 2.18. The quantitative estimate of drug-likeness (QED) is 0.702. The molecule has 0 radical (unpaired) electrons. The highest BCUT2D eigenvalue weighted by atomic mass is 32.1. The summed E-state index contributed by atoms with van der Waals surface area (Å²) in [5.41, 5.74) is 0. The van der Waals surface area contributed by atoms with Gasteiger partial charge in [0.25, 0.3) is 5.91 Å². The van der Waals surface area contributed by atoms with Crippen molar-refractivity contribution < 1.29 is 19.5 Å². The van der Waals surface area contributed by atoms with Crippen molar-refractivity contribution in [2.75, 3.05) is 6.54 Å². The fourth-order valence-electron chi connectivity index (χ4n) is 1.85. The number of carboxylic acids is 1. The second kappa shape index (κ2) is 6.33. The number of carbonyl (C=O) groups is 3. The molecule has 20 heavy (non-hydrogen) atoms. The van der Waals surface area contributed by atoms with Gasteiger partial charge in [0.15, 0.2) is 0 Å². The first kappa shape index (κ1) is 14.3. The number of thiophene rings is 1. The van der Waals surface area contributed by atoms with Crippen LogP contribution in [-0.2, 0) is 9.59 Å². The predicted molar refractivity (Wildman–Crippen MR) is 74.5 cm³/mol. The van der Waals surface area contributed by atoms with Gasteiger partial charge in [-0.2, -0.15) is 0 Å². The van der Waals surface area contributed by atoms with Crippen LogP contribution in [0.25, 0.3) is 6.08 Å². The topological polar surface area (TPSA) is 95.5 Å². The van der Waals surface area contributed by atoms with Crippen molar-refractivity contribution in [1.29, 1.82) is 0 Å². The fourth-order valence-corrected chi connectivity index (χ4v) is 2.68. The summed E-state index contributed by atoms with van der Waals surface area (Å²) in [4.78, 5) is 34.5. The van der Waals surface area contributed by atoms with Crippen molar-refractivity contribution >= 4 is 35.2 Å². The van der Waals surface area contributed by atoms with E-state index in [0.29, 0.717) is 22.7 Å². The van der Waals surface area contributed by atoms with Crippen LogP contribution >= 0.6 is 11.3 Å². The minimum absolute atomic E-state index is 0.00205. The minimum Gasteiger partial charge on any atom is -0.478 e. The molecular weight excluding hydrogens is 280 g/mol. The lowest BCUT2D eigenvalue weighted by molar-refractivity contribution is -0.131. The molecule has 6 nitrogen and oxygen atoms in total. The van der Waals surface area contributed by atoms with Gasteiger partial charge < -0.3 is 15.7 Å². The number of nitrogens with one attached hydrogen (secondary N) is 2. The van der Waals surface area contributed by atoms with Crippen LogP contribution in [0.5, 0.6) is 0 Å². The van der Waals surface area contributed by atoms with E-state index in [1.165, 1.54) is 17.4 Å². The van der Waals surface area contributed by atoms with Crippen LogP contribution < -0.4 is 10.6 Å². The van der Waals surface area contributed by atoms with E-state index in [4.69, 9.17) is 5.11 Å². The Morgan fingerprint density at radius 1 is 1.50 bits per heavy atom. The van der Waals surface area contributed by atoms with Crippen LogP contribution in [0.3, 0.4) is 0 Å². The first-order valence-electron chi connectivity index (χ1n) is 6.13. The van der Waals surface area contributed by atoms with E-state index in [-0.39, 0.29) is 17.9 Å². The first-order valence-corrected chi connectivity index (χ1v) is 6.94. The van der Waals surface area contributed by atoms with E-state index in [2.05, 4.69) is 10.6 Å². The molecule has 2 amide bonds.